The molecule has 2 aromatic carbocycles. The molecule has 35 heavy (non-hydrogen) atoms. The Morgan fingerprint density at radius 2 is 1.77 bits per heavy atom. The van der Waals surface area contributed by atoms with Gasteiger partial charge in [0.1, 0.15) is 5.69 Å². The van der Waals surface area contributed by atoms with Crippen LogP contribution in [0.5, 0.6) is 0 Å². The molecule has 0 saturated heterocycles. The predicted molar refractivity (Wildman–Crippen MR) is 142 cm³/mol. The number of nitrogens with zero attached hydrogens (tertiary/aromatic N) is 2. The molecule has 6 N–H and O–H groups in total. The van der Waals surface area contributed by atoms with Crippen LogP contribution in [0.15, 0.2) is 59.6 Å². The molecule has 0 spiro atoms. The summed E-state index contributed by atoms with van der Waals surface area (Å²) < 4.78 is 17.8. The molecule has 1 aromatic heterocycles. The van der Waals surface area contributed by atoms with Crippen LogP contribution in [0.25, 0.3) is 11.3 Å². The molecule has 0 fully saturated rings. The zero-order valence-corrected chi connectivity index (χ0v) is 20.8. The molecule has 0 aliphatic carbocycles. The maximum absolute atomic E-state index is 12.3. The van der Waals surface area contributed by atoms with E-state index in [2.05, 4.69) is 15.3 Å². The van der Waals surface area contributed by atoms with Crippen molar-refractivity contribution in [1.82, 2.24) is 15.3 Å². The first-order valence-electron chi connectivity index (χ1n) is 10.9. The summed E-state index contributed by atoms with van der Waals surface area (Å²) in [6, 6.07) is 14.5. The minimum atomic E-state index is -1.07. The number of rotatable bonds is 9. The van der Waals surface area contributed by atoms with Crippen molar-refractivity contribution in [2.24, 2.45) is 0 Å². The molecule has 9 nitrogen and oxygen atoms in total. The Bertz CT molecular complexity index is 1190. The molecule has 190 valence electrons. The van der Waals surface area contributed by atoms with Crippen LogP contribution in [0.2, 0.25) is 0 Å². The normalized spacial score (nSPS) is 11.6. The number of aromatic nitrogens is 2. The van der Waals surface area contributed by atoms with Crippen LogP contribution in [0, 0.1) is 17.7 Å². The molecule has 3 aromatic rings. The van der Waals surface area contributed by atoms with Gasteiger partial charge in [0, 0.05) is 37.2 Å². The lowest BCUT2D eigenvalue weighted by atomic mass is 10.1. The van der Waals surface area contributed by atoms with Gasteiger partial charge in [0.15, 0.2) is 0 Å². The lowest BCUT2D eigenvalue weighted by molar-refractivity contribution is 0.292. The van der Waals surface area contributed by atoms with Gasteiger partial charge in [-0.25, -0.2) is 4.98 Å². The maximum Gasteiger partial charge on any atom is 0.241 e. The fraction of sp³-hybridized carbons (Fsp3) is 0.280. The van der Waals surface area contributed by atoms with E-state index in [9.17, 15) is 4.21 Å². The van der Waals surface area contributed by atoms with Gasteiger partial charge < -0.3 is 20.6 Å². The molecule has 1 unspecified atom stereocenters. The van der Waals surface area contributed by atoms with E-state index in [1.807, 2.05) is 50.2 Å². The fourth-order valence-electron chi connectivity index (χ4n) is 3.13. The van der Waals surface area contributed by atoms with E-state index in [4.69, 9.17) is 20.7 Å². The largest absolute Gasteiger partial charge is 0.419 e. The maximum atomic E-state index is 12.3. The van der Waals surface area contributed by atoms with Crippen LogP contribution in [0.3, 0.4) is 0 Å². The second-order valence-electron chi connectivity index (χ2n) is 7.92. The van der Waals surface area contributed by atoms with Crippen molar-refractivity contribution >= 4 is 22.6 Å². The molecule has 3 rings (SSSR count). The third-order valence-corrected chi connectivity index (χ3v) is 6.61. The second-order valence-corrected chi connectivity index (χ2v) is 9.93. The van der Waals surface area contributed by atoms with E-state index in [-0.39, 0.29) is 37.7 Å². The van der Waals surface area contributed by atoms with Gasteiger partial charge in [-0.3, -0.25) is 20.0 Å². The Morgan fingerprint density at radius 1 is 1.11 bits per heavy atom. The first kappa shape index (κ1) is 27.9. The molecule has 0 aliphatic heterocycles. The van der Waals surface area contributed by atoms with Crippen molar-refractivity contribution < 1.29 is 22.4 Å². The molecule has 0 aliphatic rings. The number of aryl methyl sites for hydroxylation is 1. The summed E-state index contributed by atoms with van der Waals surface area (Å²) in [5.74, 6) is -0.421. The highest BCUT2D eigenvalue weighted by molar-refractivity contribution is 7.85. The summed E-state index contributed by atoms with van der Waals surface area (Å²) in [6.07, 6.45) is 1.62. The van der Waals surface area contributed by atoms with Gasteiger partial charge in [0.25, 0.3) is 0 Å². The van der Waals surface area contributed by atoms with E-state index in [1.54, 1.807) is 25.3 Å². The molecule has 0 radical (unpaired) electrons. The first-order valence-corrected chi connectivity index (χ1v) is 12.1. The lowest BCUT2D eigenvalue weighted by Crippen LogP contribution is -2.18. The van der Waals surface area contributed by atoms with Crippen molar-refractivity contribution in [3.05, 3.63) is 77.2 Å². The Kier molecular flexibility index (Phi) is 10.3. The predicted octanol–water partition coefficient (Wildman–Crippen LogP) is 3.08. The van der Waals surface area contributed by atoms with E-state index in [0.29, 0.717) is 30.0 Å². The highest BCUT2D eigenvalue weighted by Crippen LogP contribution is 2.21. The standard InChI is InChI=1S/C25H29N5O3S.H2O.2H2/c1-16(2)34(32)21-10-8-19(9-11-21)22-15-29-17(3)23(30-22)25(27)33-24(26)20-6-4-18(5-7-20)14-28-12-13-31;;;/h4-11,15-16,26-28,31H,12-14H2,1-3H3;1H2;2*1H. The van der Waals surface area contributed by atoms with Crippen LogP contribution in [0.4, 0.5) is 0 Å². The van der Waals surface area contributed by atoms with Crippen LogP contribution in [-0.4, -0.2) is 55.0 Å². The van der Waals surface area contributed by atoms with Crippen LogP contribution in [0.1, 0.15) is 39.2 Å². The Labute approximate surface area is 210 Å². The molecule has 0 bridgehead atoms. The van der Waals surface area contributed by atoms with E-state index >= 15 is 0 Å². The SMILES string of the molecule is Cc1ncc(-c2ccc(S(=O)C(C)C)cc2)nc1C(=N)OC(=N)c1ccc(CNCCO)cc1.O.[HH].[HH]. The third kappa shape index (κ3) is 7.33. The van der Waals surface area contributed by atoms with Crippen molar-refractivity contribution in [2.75, 3.05) is 13.2 Å². The highest BCUT2D eigenvalue weighted by atomic mass is 32.2. The number of benzene rings is 2. The average Bonchev–Trinajstić information content (AvgIpc) is 2.84. The first-order chi connectivity index (χ1) is 16.3. The van der Waals surface area contributed by atoms with E-state index in [1.165, 1.54) is 0 Å². The topological polar surface area (TPSA) is 164 Å². The zero-order valence-electron chi connectivity index (χ0n) is 20.0. The number of hydrogen-bond donors (Lipinski definition) is 4. The Balaban J connectivity index is 0.00000432. The summed E-state index contributed by atoms with van der Waals surface area (Å²) in [4.78, 5) is 9.64. The zero-order chi connectivity index (χ0) is 24.7. The molecule has 1 heterocycles. The smallest absolute Gasteiger partial charge is 0.241 e. The van der Waals surface area contributed by atoms with Crippen LogP contribution >= 0.6 is 0 Å². The summed E-state index contributed by atoms with van der Waals surface area (Å²) in [7, 11) is -1.07. The number of hydrogen-bond acceptors (Lipinski definition) is 8. The highest BCUT2D eigenvalue weighted by Gasteiger charge is 2.16. The minimum Gasteiger partial charge on any atom is -0.419 e. The van der Waals surface area contributed by atoms with Crippen LogP contribution < -0.4 is 5.32 Å². The number of nitrogens with one attached hydrogen (secondary N) is 3. The van der Waals surface area contributed by atoms with E-state index in [0.717, 1.165) is 16.0 Å². The molecule has 1 atom stereocenters. The van der Waals surface area contributed by atoms with Gasteiger partial charge >= 0.3 is 0 Å². The Morgan fingerprint density at radius 3 is 2.37 bits per heavy atom. The molecule has 10 heteroatoms. The van der Waals surface area contributed by atoms with Gasteiger partial charge in [-0.05, 0) is 36.8 Å². The summed E-state index contributed by atoms with van der Waals surface area (Å²) in [5, 5.41) is 28.6. The molecular formula is C25H35N5O4S. The molecule has 0 saturated carbocycles. The quantitative estimate of drug-likeness (QED) is 0.200. The van der Waals surface area contributed by atoms with Gasteiger partial charge in [0.2, 0.25) is 11.8 Å². The van der Waals surface area contributed by atoms with Gasteiger partial charge in [-0.1, -0.05) is 38.1 Å². The number of aliphatic hydroxyl groups is 1. The van der Waals surface area contributed by atoms with Gasteiger partial charge in [-0.2, -0.15) is 0 Å². The Hall–Kier alpha value is -3.31. The number of ether oxygens (including phenoxy) is 1. The van der Waals surface area contributed by atoms with Crippen LogP contribution in [-0.2, 0) is 22.1 Å². The monoisotopic (exact) mass is 501 g/mol. The van der Waals surface area contributed by atoms with Crippen molar-refractivity contribution in [3.8, 4) is 11.3 Å². The van der Waals surface area contributed by atoms with Crippen molar-refractivity contribution in [3.63, 3.8) is 0 Å². The summed E-state index contributed by atoms with van der Waals surface area (Å²) in [6.45, 7) is 6.76. The number of aliphatic hydroxyl groups excluding tert-OH is 1. The van der Waals surface area contributed by atoms with E-state index < -0.39 is 10.8 Å². The molecular weight excluding hydrogens is 466 g/mol. The minimum absolute atomic E-state index is 0. The summed E-state index contributed by atoms with van der Waals surface area (Å²) >= 11 is 0. The second kappa shape index (κ2) is 13.0. The molecule has 0 amide bonds. The fourth-order valence-corrected chi connectivity index (χ4v) is 4.08. The average molecular weight is 502 g/mol. The van der Waals surface area contributed by atoms with Crippen molar-refractivity contribution in [2.45, 2.75) is 37.5 Å². The third-order valence-electron chi connectivity index (χ3n) is 5.02. The van der Waals surface area contributed by atoms with Gasteiger partial charge in [0.05, 0.1) is 35.0 Å². The lowest BCUT2D eigenvalue weighted by Gasteiger charge is -2.12. The van der Waals surface area contributed by atoms with Crippen molar-refractivity contribution in [1.29, 1.82) is 10.8 Å². The van der Waals surface area contributed by atoms with Gasteiger partial charge in [-0.15, -0.1) is 0 Å². The summed E-state index contributed by atoms with van der Waals surface area (Å²) in [5.41, 5.74) is 3.66.